The molecule has 1 heterocycles. The van der Waals surface area contributed by atoms with Crippen LogP contribution in [0.2, 0.25) is 0 Å². The molecule has 7 heteroatoms. The van der Waals surface area contributed by atoms with E-state index in [2.05, 4.69) is 9.89 Å². The van der Waals surface area contributed by atoms with Gasteiger partial charge in [0.1, 0.15) is 5.60 Å². The van der Waals surface area contributed by atoms with Gasteiger partial charge in [-0.1, -0.05) is 5.16 Å². The van der Waals surface area contributed by atoms with E-state index in [0.29, 0.717) is 18.6 Å². The summed E-state index contributed by atoms with van der Waals surface area (Å²) < 4.78 is 14.6. The molecular weight excluding hydrogens is 252 g/mol. The zero-order valence-corrected chi connectivity index (χ0v) is 11.2. The van der Waals surface area contributed by atoms with Gasteiger partial charge in [-0.15, -0.1) is 0 Å². The van der Waals surface area contributed by atoms with Gasteiger partial charge in [0, 0.05) is 12.5 Å². The average molecular weight is 270 g/mol. The highest BCUT2D eigenvalue weighted by molar-refractivity contribution is 5.76. The lowest BCUT2D eigenvalue weighted by atomic mass is 10.1. The van der Waals surface area contributed by atoms with Crippen molar-refractivity contribution < 1.29 is 23.6 Å². The molecule has 0 aliphatic heterocycles. The van der Waals surface area contributed by atoms with Gasteiger partial charge < -0.3 is 19.7 Å². The Hall–Kier alpha value is -1.89. The summed E-state index contributed by atoms with van der Waals surface area (Å²) in [6, 6.07) is 0.524. The lowest BCUT2D eigenvalue weighted by molar-refractivity contribution is -0.157. The number of ether oxygens (including phenoxy) is 2. The second-order valence-corrected chi connectivity index (χ2v) is 4.95. The summed E-state index contributed by atoms with van der Waals surface area (Å²) in [5, 5.41) is 3.73. The molecule has 0 fully saturated rings. The van der Waals surface area contributed by atoms with Crippen LogP contribution in [0.1, 0.15) is 38.3 Å². The zero-order valence-electron chi connectivity index (χ0n) is 11.2. The summed E-state index contributed by atoms with van der Waals surface area (Å²) in [4.78, 5) is 21.7. The van der Waals surface area contributed by atoms with Gasteiger partial charge in [0.05, 0.1) is 12.3 Å². The first-order valence-electron chi connectivity index (χ1n) is 5.82. The highest BCUT2D eigenvalue weighted by atomic mass is 16.6. The van der Waals surface area contributed by atoms with Crippen LogP contribution >= 0.6 is 0 Å². The minimum Gasteiger partial charge on any atom is -0.467 e. The van der Waals surface area contributed by atoms with Crippen LogP contribution in [0.15, 0.2) is 10.6 Å². The Bertz CT molecular complexity index is 436. The molecule has 0 aliphatic rings. The largest absolute Gasteiger partial charge is 0.467 e. The van der Waals surface area contributed by atoms with Gasteiger partial charge in [-0.3, -0.25) is 4.79 Å². The number of esters is 1. The molecule has 1 aromatic heterocycles. The standard InChI is InChI=1S/C12H18N2O5/c1-12(2,3)18-11(16)10(13)9-6-8(14-19-9)4-5-17-7-15/h6-7,10H,4-5,13H2,1-3H3. The molecule has 106 valence electrons. The number of nitrogens with zero attached hydrogens (tertiary/aromatic N) is 1. The molecule has 0 aliphatic carbocycles. The number of aromatic nitrogens is 1. The fraction of sp³-hybridized carbons (Fsp3) is 0.583. The summed E-state index contributed by atoms with van der Waals surface area (Å²) in [7, 11) is 0. The molecule has 0 bridgehead atoms. The minimum atomic E-state index is -1.02. The van der Waals surface area contributed by atoms with Gasteiger partial charge in [0.15, 0.2) is 11.8 Å². The Kier molecular flexibility index (Phi) is 5.05. The van der Waals surface area contributed by atoms with Gasteiger partial charge >= 0.3 is 5.97 Å². The van der Waals surface area contributed by atoms with Crippen molar-refractivity contribution in [2.75, 3.05) is 6.61 Å². The average Bonchev–Trinajstić information content (AvgIpc) is 2.75. The number of carbonyl (C=O) groups excluding carboxylic acids is 2. The summed E-state index contributed by atoms with van der Waals surface area (Å²) in [6.45, 7) is 5.80. The Morgan fingerprint density at radius 2 is 2.26 bits per heavy atom. The smallest absolute Gasteiger partial charge is 0.331 e. The molecule has 2 N–H and O–H groups in total. The van der Waals surface area contributed by atoms with E-state index >= 15 is 0 Å². The van der Waals surface area contributed by atoms with Crippen molar-refractivity contribution in [2.45, 2.75) is 38.8 Å². The molecule has 0 amide bonds. The molecule has 19 heavy (non-hydrogen) atoms. The third-order valence-electron chi connectivity index (χ3n) is 2.09. The highest BCUT2D eigenvalue weighted by Crippen LogP contribution is 2.17. The Morgan fingerprint density at radius 3 is 2.84 bits per heavy atom. The van der Waals surface area contributed by atoms with Gasteiger partial charge in [-0.05, 0) is 20.8 Å². The van der Waals surface area contributed by atoms with Crippen LogP contribution < -0.4 is 5.73 Å². The molecule has 0 spiro atoms. The number of nitrogens with two attached hydrogens (primary N) is 1. The van der Waals surface area contributed by atoms with Gasteiger partial charge in [-0.25, -0.2) is 4.79 Å². The van der Waals surface area contributed by atoms with E-state index in [9.17, 15) is 9.59 Å². The molecular formula is C12H18N2O5. The Balaban J connectivity index is 2.59. The Morgan fingerprint density at radius 1 is 1.58 bits per heavy atom. The van der Waals surface area contributed by atoms with E-state index in [0.717, 1.165) is 0 Å². The maximum Gasteiger partial charge on any atom is 0.331 e. The summed E-state index contributed by atoms with van der Waals surface area (Å²) in [5.41, 5.74) is 5.65. The highest BCUT2D eigenvalue weighted by Gasteiger charge is 2.26. The lowest BCUT2D eigenvalue weighted by Crippen LogP contribution is -2.31. The maximum atomic E-state index is 11.7. The van der Waals surface area contributed by atoms with Crippen molar-refractivity contribution in [1.82, 2.24) is 5.16 Å². The van der Waals surface area contributed by atoms with Crippen LogP contribution in [0, 0.1) is 0 Å². The molecule has 0 aromatic carbocycles. The van der Waals surface area contributed by atoms with Gasteiger partial charge in [0.2, 0.25) is 0 Å². The predicted molar refractivity (Wildman–Crippen MR) is 65.0 cm³/mol. The molecule has 1 unspecified atom stereocenters. The first kappa shape index (κ1) is 15.2. The van der Waals surface area contributed by atoms with Crippen molar-refractivity contribution in [3.05, 3.63) is 17.5 Å². The first-order valence-corrected chi connectivity index (χ1v) is 5.82. The molecule has 0 radical (unpaired) electrons. The second-order valence-electron chi connectivity index (χ2n) is 4.95. The van der Waals surface area contributed by atoms with E-state index < -0.39 is 17.6 Å². The monoisotopic (exact) mass is 270 g/mol. The van der Waals surface area contributed by atoms with Crippen molar-refractivity contribution in [1.29, 1.82) is 0 Å². The van der Waals surface area contributed by atoms with Crippen LogP contribution in [0.25, 0.3) is 0 Å². The summed E-state index contributed by atoms with van der Waals surface area (Å²) in [6.07, 6.45) is 0.392. The summed E-state index contributed by atoms with van der Waals surface area (Å²) >= 11 is 0. The SMILES string of the molecule is CC(C)(C)OC(=O)C(N)c1cc(CCOC=O)no1. The van der Waals surface area contributed by atoms with Crippen molar-refractivity contribution in [3.8, 4) is 0 Å². The minimum absolute atomic E-state index is 0.192. The molecule has 0 saturated heterocycles. The van der Waals surface area contributed by atoms with E-state index in [4.69, 9.17) is 15.0 Å². The normalized spacial score (nSPS) is 12.8. The van der Waals surface area contributed by atoms with Crippen LogP contribution in [0.4, 0.5) is 0 Å². The van der Waals surface area contributed by atoms with E-state index in [-0.39, 0.29) is 12.4 Å². The fourth-order valence-corrected chi connectivity index (χ4v) is 1.29. The van der Waals surface area contributed by atoms with Crippen LogP contribution in [0.5, 0.6) is 0 Å². The van der Waals surface area contributed by atoms with E-state index in [1.54, 1.807) is 26.8 Å². The van der Waals surface area contributed by atoms with Crippen LogP contribution in [-0.2, 0) is 25.5 Å². The number of rotatable bonds is 6. The van der Waals surface area contributed by atoms with E-state index in [1.807, 2.05) is 0 Å². The molecule has 0 saturated carbocycles. The van der Waals surface area contributed by atoms with Crippen LogP contribution in [-0.4, -0.2) is 29.8 Å². The van der Waals surface area contributed by atoms with Crippen molar-refractivity contribution in [2.24, 2.45) is 5.73 Å². The first-order chi connectivity index (χ1) is 8.83. The third-order valence-corrected chi connectivity index (χ3v) is 2.09. The maximum absolute atomic E-state index is 11.7. The lowest BCUT2D eigenvalue weighted by Gasteiger charge is -2.21. The third kappa shape index (κ3) is 5.09. The van der Waals surface area contributed by atoms with Crippen molar-refractivity contribution in [3.63, 3.8) is 0 Å². The Labute approximate surface area is 111 Å². The number of hydrogen-bond donors (Lipinski definition) is 1. The van der Waals surface area contributed by atoms with Gasteiger partial charge in [0.25, 0.3) is 6.47 Å². The van der Waals surface area contributed by atoms with Crippen molar-refractivity contribution >= 4 is 12.4 Å². The quantitative estimate of drug-likeness (QED) is 0.461. The topological polar surface area (TPSA) is 105 Å². The van der Waals surface area contributed by atoms with Gasteiger partial charge in [-0.2, -0.15) is 0 Å². The number of hydrogen-bond acceptors (Lipinski definition) is 7. The second kappa shape index (κ2) is 6.33. The molecule has 7 nitrogen and oxygen atoms in total. The van der Waals surface area contributed by atoms with E-state index in [1.165, 1.54) is 0 Å². The molecule has 1 rings (SSSR count). The predicted octanol–water partition coefficient (Wildman–Crippen LogP) is 0.732. The zero-order chi connectivity index (χ0) is 14.5. The fourth-order valence-electron chi connectivity index (χ4n) is 1.29. The summed E-state index contributed by atoms with van der Waals surface area (Å²) in [5.74, 6) is -0.366. The molecule has 1 atom stereocenters. The number of carbonyl (C=O) groups is 2. The molecule has 1 aromatic rings. The van der Waals surface area contributed by atoms with Crippen LogP contribution in [0.3, 0.4) is 0 Å².